The number of anilines is 1. The molecule has 4 rings (SSSR count). The number of ether oxygens (including phenoxy) is 1. The van der Waals surface area contributed by atoms with E-state index in [1.165, 1.54) is 22.8 Å². The Bertz CT molecular complexity index is 1130. The zero-order valence-corrected chi connectivity index (χ0v) is 21.2. The van der Waals surface area contributed by atoms with E-state index in [1.807, 2.05) is 30.3 Å². The Kier molecular flexibility index (Phi) is 8.06. The number of benzene rings is 1. The van der Waals surface area contributed by atoms with Crippen molar-refractivity contribution in [2.75, 3.05) is 31.3 Å². The van der Waals surface area contributed by atoms with E-state index < -0.39 is 21.9 Å². The van der Waals surface area contributed by atoms with Crippen LogP contribution in [0.1, 0.15) is 58.5 Å². The number of fused-ring (bicyclic) bond motifs is 1. The van der Waals surface area contributed by atoms with Gasteiger partial charge < -0.3 is 10.1 Å². The smallest absolute Gasteiger partial charge is 0.341 e. The van der Waals surface area contributed by atoms with E-state index in [9.17, 15) is 18.0 Å². The molecule has 1 saturated heterocycles. The molecule has 34 heavy (non-hydrogen) atoms. The maximum Gasteiger partial charge on any atom is 0.341 e. The molecule has 0 bridgehead atoms. The predicted octanol–water partition coefficient (Wildman–Crippen LogP) is 4.03. The van der Waals surface area contributed by atoms with Crippen molar-refractivity contribution in [2.45, 2.75) is 51.4 Å². The van der Waals surface area contributed by atoms with Crippen molar-refractivity contribution in [3.05, 3.63) is 51.9 Å². The van der Waals surface area contributed by atoms with Gasteiger partial charge in [-0.3, -0.25) is 4.79 Å². The molecule has 1 aliphatic heterocycles. The zero-order chi connectivity index (χ0) is 24.1. The van der Waals surface area contributed by atoms with Gasteiger partial charge in [-0.1, -0.05) is 30.3 Å². The van der Waals surface area contributed by atoms with Gasteiger partial charge in [0.1, 0.15) is 5.00 Å². The Balaban J connectivity index is 1.40. The molecule has 0 unspecified atom stereocenters. The van der Waals surface area contributed by atoms with E-state index in [0.29, 0.717) is 42.8 Å². The Labute approximate surface area is 205 Å². The molecule has 1 aliphatic carbocycles. The summed E-state index contributed by atoms with van der Waals surface area (Å²) in [6, 6.07) is 9.84. The number of hydrogen-bond donors (Lipinski definition) is 1. The van der Waals surface area contributed by atoms with Gasteiger partial charge in [-0.15, -0.1) is 11.3 Å². The van der Waals surface area contributed by atoms with Crippen LogP contribution in [0.2, 0.25) is 0 Å². The minimum absolute atomic E-state index is 0.0698. The summed E-state index contributed by atoms with van der Waals surface area (Å²) in [5, 5.41) is 3.48. The molecule has 1 amide bonds. The number of carbonyl (C=O) groups is 2. The van der Waals surface area contributed by atoms with Crippen LogP contribution in [0.4, 0.5) is 5.00 Å². The number of hydrogen-bond acceptors (Lipinski definition) is 6. The van der Waals surface area contributed by atoms with Crippen LogP contribution >= 0.6 is 11.3 Å². The van der Waals surface area contributed by atoms with Crippen LogP contribution in [0, 0.1) is 5.92 Å². The number of thiophene rings is 1. The highest BCUT2D eigenvalue weighted by atomic mass is 32.2. The Hall–Kier alpha value is -2.23. The third-order valence-electron chi connectivity index (χ3n) is 6.66. The molecule has 7 nitrogen and oxygen atoms in total. The molecule has 0 saturated carbocycles. The molecule has 1 N–H and O–H groups in total. The largest absolute Gasteiger partial charge is 0.465 e. The van der Waals surface area contributed by atoms with Gasteiger partial charge in [0, 0.05) is 18.0 Å². The summed E-state index contributed by atoms with van der Waals surface area (Å²) in [5.41, 5.74) is 2.58. The van der Waals surface area contributed by atoms with Gasteiger partial charge in [0.25, 0.3) is 0 Å². The molecule has 9 heteroatoms. The van der Waals surface area contributed by atoms with E-state index in [-0.39, 0.29) is 18.2 Å². The standard InChI is InChI=1S/C25H32N2O5S2/c1-32-25(29)22-20-13-5-6-14-21(20)33-24(22)26-23(28)19-12-7-15-27(17-19)34(30,31)16-8-11-18-9-3-2-4-10-18/h2-4,9-10,19H,5-8,11-17H2,1H3,(H,26,28)/t19-/m1/s1. The second kappa shape index (κ2) is 11.0. The van der Waals surface area contributed by atoms with Crippen LogP contribution in [0.5, 0.6) is 0 Å². The van der Waals surface area contributed by atoms with Crippen molar-refractivity contribution in [2.24, 2.45) is 5.92 Å². The van der Waals surface area contributed by atoms with Crippen molar-refractivity contribution >= 4 is 38.2 Å². The summed E-state index contributed by atoms with van der Waals surface area (Å²) in [6.07, 6.45) is 6.31. The lowest BCUT2D eigenvalue weighted by Crippen LogP contribution is -2.44. The lowest BCUT2D eigenvalue weighted by Gasteiger charge is -2.31. The minimum Gasteiger partial charge on any atom is -0.465 e. The van der Waals surface area contributed by atoms with E-state index in [4.69, 9.17) is 4.74 Å². The summed E-state index contributed by atoms with van der Waals surface area (Å²) in [6.45, 7) is 0.621. The lowest BCUT2D eigenvalue weighted by atomic mass is 9.95. The third kappa shape index (κ3) is 5.70. The fourth-order valence-electron chi connectivity index (χ4n) is 4.83. The monoisotopic (exact) mass is 504 g/mol. The summed E-state index contributed by atoms with van der Waals surface area (Å²) < 4.78 is 32.4. The average Bonchev–Trinajstić information content (AvgIpc) is 3.22. The Morgan fingerprint density at radius 2 is 1.91 bits per heavy atom. The maximum atomic E-state index is 13.1. The van der Waals surface area contributed by atoms with Crippen LogP contribution in [0.25, 0.3) is 0 Å². The lowest BCUT2D eigenvalue weighted by molar-refractivity contribution is -0.120. The number of aryl methyl sites for hydroxylation is 2. The van der Waals surface area contributed by atoms with Crippen LogP contribution in [0.15, 0.2) is 30.3 Å². The van der Waals surface area contributed by atoms with Gasteiger partial charge in [-0.05, 0) is 62.5 Å². The number of piperidine rings is 1. The molecule has 2 aromatic rings. The molecular formula is C25H32N2O5S2. The average molecular weight is 505 g/mol. The Morgan fingerprint density at radius 3 is 2.68 bits per heavy atom. The maximum absolute atomic E-state index is 13.1. The molecular weight excluding hydrogens is 472 g/mol. The number of carbonyl (C=O) groups excluding carboxylic acids is 2. The highest BCUT2D eigenvalue weighted by Crippen LogP contribution is 2.39. The number of nitrogens with zero attached hydrogens (tertiary/aromatic N) is 1. The van der Waals surface area contributed by atoms with Gasteiger partial charge in [-0.25, -0.2) is 17.5 Å². The van der Waals surface area contributed by atoms with Gasteiger partial charge >= 0.3 is 5.97 Å². The van der Waals surface area contributed by atoms with Crippen molar-refractivity contribution in [1.82, 2.24) is 4.31 Å². The van der Waals surface area contributed by atoms with E-state index in [2.05, 4.69) is 5.32 Å². The molecule has 0 spiro atoms. The highest BCUT2D eigenvalue weighted by molar-refractivity contribution is 7.89. The van der Waals surface area contributed by atoms with Gasteiger partial charge in [0.15, 0.2) is 0 Å². The quantitative estimate of drug-likeness (QED) is 0.548. The Morgan fingerprint density at radius 1 is 1.15 bits per heavy atom. The van der Waals surface area contributed by atoms with Gasteiger partial charge in [-0.2, -0.15) is 0 Å². The molecule has 1 aromatic carbocycles. The number of nitrogens with one attached hydrogen (secondary N) is 1. The zero-order valence-electron chi connectivity index (χ0n) is 19.5. The van der Waals surface area contributed by atoms with Crippen LogP contribution in [-0.2, 0) is 38.8 Å². The number of sulfonamides is 1. The number of methoxy groups -OCH3 is 1. The molecule has 2 aliphatic rings. The van der Waals surface area contributed by atoms with Crippen LogP contribution < -0.4 is 5.32 Å². The fourth-order valence-corrected chi connectivity index (χ4v) is 7.69. The van der Waals surface area contributed by atoms with Crippen molar-refractivity contribution in [3.8, 4) is 0 Å². The molecule has 1 fully saturated rings. The summed E-state index contributed by atoms with van der Waals surface area (Å²) in [7, 11) is -2.09. The van der Waals surface area contributed by atoms with Crippen LogP contribution in [0.3, 0.4) is 0 Å². The highest BCUT2D eigenvalue weighted by Gasteiger charge is 2.34. The van der Waals surface area contributed by atoms with Crippen molar-refractivity contribution < 1.29 is 22.7 Å². The SMILES string of the molecule is COC(=O)c1c(NC(=O)[C@@H]2CCCN(S(=O)(=O)CCCc3ccccc3)C2)sc2c1CCCC2. The molecule has 2 heterocycles. The third-order valence-corrected chi connectivity index (χ3v) is 9.79. The normalized spacial score (nSPS) is 18.8. The first-order valence-corrected chi connectivity index (χ1v) is 14.4. The second-order valence-electron chi connectivity index (χ2n) is 9.00. The summed E-state index contributed by atoms with van der Waals surface area (Å²) >= 11 is 1.45. The van der Waals surface area contributed by atoms with E-state index in [1.54, 1.807) is 0 Å². The molecule has 0 radical (unpaired) electrons. The number of amides is 1. The number of esters is 1. The minimum atomic E-state index is -3.44. The van der Waals surface area contributed by atoms with Gasteiger partial charge in [0.2, 0.25) is 15.9 Å². The second-order valence-corrected chi connectivity index (χ2v) is 12.2. The molecule has 1 aromatic heterocycles. The topological polar surface area (TPSA) is 92.8 Å². The fraction of sp³-hybridized carbons (Fsp3) is 0.520. The van der Waals surface area contributed by atoms with E-state index in [0.717, 1.165) is 41.7 Å². The van der Waals surface area contributed by atoms with Crippen molar-refractivity contribution in [1.29, 1.82) is 0 Å². The van der Waals surface area contributed by atoms with Crippen LogP contribution in [-0.4, -0.2) is 50.6 Å². The van der Waals surface area contributed by atoms with Gasteiger partial charge in [0.05, 0.1) is 24.3 Å². The predicted molar refractivity (Wildman–Crippen MR) is 134 cm³/mol. The first kappa shape index (κ1) is 24.9. The van der Waals surface area contributed by atoms with E-state index >= 15 is 0 Å². The first-order valence-electron chi connectivity index (χ1n) is 11.9. The summed E-state index contributed by atoms with van der Waals surface area (Å²) in [5.74, 6) is -1.03. The first-order chi connectivity index (χ1) is 16.4. The van der Waals surface area contributed by atoms with Crippen molar-refractivity contribution in [3.63, 3.8) is 0 Å². The molecule has 184 valence electrons. The molecule has 1 atom stereocenters. The summed E-state index contributed by atoms with van der Waals surface area (Å²) in [4.78, 5) is 26.7. The number of rotatable bonds is 8.